The standard InChI is InChI=1S/C13H18N4O2S/c1-9-13(10(2)16-15-9)20(18,19)17(3)12-6-4-5-11(7-12)8-14/h4-7H,8,14H2,1-3H3,(H,15,16). The Balaban J connectivity index is 2.49. The lowest BCUT2D eigenvalue weighted by molar-refractivity contribution is 0.593. The molecule has 0 saturated heterocycles. The van der Waals surface area contributed by atoms with E-state index in [4.69, 9.17) is 5.73 Å². The number of hydrogen-bond acceptors (Lipinski definition) is 4. The number of anilines is 1. The van der Waals surface area contributed by atoms with Crippen molar-refractivity contribution in [3.63, 3.8) is 0 Å². The zero-order valence-corrected chi connectivity index (χ0v) is 12.5. The van der Waals surface area contributed by atoms with E-state index in [0.717, 1.165) is 5.56 Å². The summed E-state index contributed by atoms with van der Waals surface area (Å²) in [5.74, 6) is 0. The second kappa shape index (κ2) is 5.26. The number of nitrogens with zero attached hydrogens (tertiary/aromatic N) is 2. The van der Waals surface area contributed by atoms with Crippen LogP contribution in [0.1, 0.15) is 17.0 Å². The third-order valence-electron chi connectivity index (χ3n) is 3.19. The summed E-state index contributed by atoms with van der Waals surface area (Å²) in [4.78, 5) is 0.221. The number of rotatable bonds is 4. The van der Waals surface area contributed by atoms with E-state index in [0.29, 0.717) is 23.6 Å². The molecule has 3 N–H and O–H groups in total. The van der Waals surface area contributed by atoms with Crippen LogP contribution in [-0.2, 0) is 16.6 Å². The van der Waals surface area contributed by atoms with Crippen LogP contribution in [0.25, 0.3) is 0 Å². The monoisotopic (exact) mass is 294 g/mol. The molecule has 0 spiro atoms. The Morgan fingerprint density at radius 1 is 1.35 bits per heavy atom. The number of benzene rings is 1. The molecule has 108 valence electrons. The maximum absolute atomic E-state index is 12.7. The topological polar surface area (TPSA) is 92.1 Å². The fraction of sp³-hybridized carbons (Fsp3) is 0.308. The Hall–Kier alpha value is -1.86. The lowest BCUT2D eigenvalue weighted by Gasteiger charge is -2.20. The van der Waals surface area contributed by atoms with E-state index in [1.807, 2.05) is 6.07 Å². The zero-order valence-electron chi connectivity index (χ0n) is 11.7. The van der Waals surface area contributed by atoms with E-state index in [9.17, 15) is 8.42 Å². The molecule has 0 aliphatic rings. The van der Waals surface area contributed by atoms with E-state index in [1.54, 1.807) is 32.0 Å². The first kappa shape index (κ1) is 14.5. The summed E-state index contributed by atoms with van der Waals surface area (Å²) < 4.78 is 26.6. The normalized spacial score (nSPS) is 11.6. The van der Waals surface area contributed by atoms with Crippen molar-refractivity contribution in [3.8, 4) is 0 Å². The molecule has 0 bridgehead atoms. The predicted octanol–water partition coefficient (Wildman–Crippen LogP) is 1.31. The summed E-state index contributed by atoms with van der Waals surface area (Å²) in [6.07, 6.45) is 0. The number of nitrogens with one attached hydrogen (secondary N) is 1. The third-order valence-corrected chi connectivity index (χ3v) is 5.24. The van der Waals surface area contributed by atoms with Gasteiger partial charge in [0, 0.05) is 13.6 Å². The van der Waals surface area contributed by atoms with E-state index in [1.165, 1.54) is 11.4 Å². The van der Waals surface area contributed by atoms with Crippen molar-refractivity contribution in [2.75, 3.05) is 11.4 Å². The fourth-order valence-corrected chi connectivity index (χ4v) is 3.59. The number of aromatic amines is 1. The number of H-pyrrole nitrogens is 1. The summed E-state index contributed by atoms with van der Waals surface area (Å²) in [6, 6.07) is 7.15. The average molecular weight is 294 g/mol. The molecule has 0 amide bonds. The molecule has 20 heavy (non-hydrogen) atoms. The van der Waals surface area contributed by atoms with Crippen LogP contribution in [-0.4, -0.2) is 25.7 Å². The lowest BCUT2D eigenvalue weighted by Crippen LogP contribution is -2.27. The smallest absolute Gasteiger partial charge is 0.267 e. The van der Waals surface area contributed by atoms with Crippen molar-refractivity contribution in [3.05, 3.63) is 41.2 Å². The second-order valence-electron chi connectivity index (χ2n) is 4.61. The molecule has 0 aliphatic carbocycles. The Kier molecular flexibility index (Phi) is 3.82. The Bertz CT molecular complexity index is 702. The minimum atomic E-state index is -3.64. The lowest BCUT2D eigenvalue weighted by atomic mass is 10.2. The minimum Gasteiger partial charge on any atom is -0.326 e. The van der Waals surface area contributed by atoms with Gasteiger partial charge in [0.2, 0.25) is 0 Å². The van der Waals surface area contributed by atoms with Crippen molar-refractivity contribution in [2.45, 2.75) is 25.3 Å². The molecule has 0 atom stereocenters. The molecular weight excluding hydrogens is 276 g/mol. The molecule has 0 aliphatic heterocycles. The van der Waals surface area contributed by atoms with Crippen molar-refractivity contribution in [2.24, 2.45) is 5.73 Å². The molecule has 0 radical (unpaired) electrons. The number of aryl methyl sites for hydroxylation is 2. The van der Waals surface area contributed by atoms with Gasteiger partial charge in [-0.1, -0.05) is 12.1 Å². The summed E-state index contributed by atoms with van der Waals surface area (Å²) in [5, 5.41) is 6.64. The van der Waals surface area contributed by atoms with E-state index in [-0.39, 0.29) is 4.90 Å². The molecule has 0 saturated carbocycles. The largest absolute Gasteiger partial charge is 0.326 e. The maximum atomic E-state index is 12.7. The van der Waals surface area contributed by atoms with Crippen LogP contribution in [0.3, 0.4) is 0 Å². The van der Waals surface area contributed by atoms with E-state index >= 15 is 0 Å². The average Bonchev–Trinajstić information content (AvgIpc) is 2.77. The molecular formula is C13H18N4O2S. The number of aromatic nitrogens is 2. The molecule has 2 rings (SSSR count). The first-order chi connectivity index (χ1) is 9.37. The van der Waals surface area contributed by atoms with E-state index < -0.39 is 10.0 Å². The Morgan fingerprint density at radius 3 is 2.60 bits per heavy atom. The first-order valence-corrected chi connectivity index (χ1v) is 7.61. The highest BCUT2D eigenvalue weighted by atomic mass is 32.2. The van der Waals surface area contributed by atoms with Gasteiger partial charge in [-0.05, 0) is 31.5 Å². The zero-order chi connectivity index (χ0) is 14.9. The number of nitrogens with two attached hydrogens (primary N) is 1. The predicted molar refractivity (Wildman–Crippen MR) is 78.0 cm³/mol. The van der Waals surface area contributed by atoms with Gasteiger partial charge in [-0.3, -0.25) is 9.40 Å². The highest BCUT2D eigenvalue weighted by molar-refractivity contribution is 7.92. The van der Waals surface area contributed by atoms with Crippen LogP contribution < -0.4 is 10.0 Å². The first-order valence-electron chi connectivity index (χ1n) is 6.17. The van der Waals surface area contributed by atoms with Crippen LogP contribution in [0.4, 0.5) is 5.69 Å². The van der Waals surface area contributed by atoms with Crippen LogP contribution >= 0.6 is 0 Å². The fourth-order valence-electron chi connectivity index (χ4n) is 2.08. The maximum Gasteiger partial charge on any atom is 0.267 e. The summed E-state index contributed by atoms with van der Waals surface area (Å²) in [6.45, 7) is 3.73. The molecule has 7 heteroatoms. The van der Waals surface area contributed by atoms with Gasteiger partial charge >= 0.3 is 0 Å². The van der Waals surface area contributed by atoms with Crippen LogP contribution in [0.15, 0.2) is 29.2 Å². The van der Waals surface area contributed by atoms with Crippen molar-refractivity contribution >= 4 is 15.7 Å². The Morgan fingerprint density at radius 2 is 2.05 bits per heavy atom. The highest BCUT2D eigenvalue weighted by Crippen LogP contribution is 2.25. The van der Waals surface area contributed by atoms with Gasteiger partial charge in [0.25, 0.3) is 10.0 Å². The molecule has 2 aromatic rings. The van der Waals surface area contributed by atoms with Gasteiger partial charge in [0.1, 0.15) is 4.90 Å². The highest BCUT2D eigenvalue weighted by Gasteiger charge is 2.27. The summed E-state index contributed by atoms with van der Waals surface area (Å²) in [7, 11) is -2.11. The van der Waals surface area contributed by atoms with Gasteiger partial charge in [-0.15, -0.1) is 0 Å². The van der Waals surface area contributed by atoms with Gasteiger partial charge in [-0.2, -0.15) is 5.10 Å². The minimum absolute atomic E-state index is 0.221. The summed E-state index contributed by atoms with van der Waals surface area (Å²) in [5.41, 5.74) is 8.04. The third kappa shape index (κ3) is 2.41. The van der Waals surface area contributed by atoms with Crippen molar-refractivity contribution in [1.82, 2.24) is 10.2 Å². The van der Waals surface area contributed by atoms with Gasteiger partial charge < -0.3 is 5.73 Å². The van der Waals surface area contributed by atoms with Gasteiger partial charge in [0.15, 0.2) is 0 Å². The molecule has 1 heterocycles. The van der Waals surface area contributed by atoms with Crippen LogP contribution in [0.5, 0.6) is 0 Å². The number of hydrogen-bond donors (Lipinski definition) is 2. The SMILES string of the molecule is Cc1n[nH]c(C)c1S(=O)(=O)N(C)c1cccc(CN)c1. The molecule has 1 aromatic heterocycles. The van der Waals surface area contributed by atoms with Crippen molar-refractivity contribution < 1.29 is 8.42 Å². The van der Waals surface area contributed by atoms with E-state index in [2.05, 4.69) is 10.2 Å². The molecule has 1 aromatic carbocycles. The quantitative estimate of drug-likeness (QED) is 0.889. The molecule has 6 nitrogen and oxygen atoms in total. The van der Waals surface area contributed by atoms with Crippen molar-refractivity contribution in [1.29, 1.82) is 0 Å². The molecule has 0 fully saturated rings. The van der Waals surface area contributed by atoms with Crippen LogP contribution in [0.2, 0.25) is 0 Å². The Labute approximate surface area is 118 Å². The number of sulfonamides is 1. The van der Waals surface area contributed by atoms with Crippen LogP contribution in [0, 0.1) is 13.8 Å². The second-order valence-corrected chi connectivity index (χ2v) is 6.52. The van der Waals surface area contributed by atoms with Gasteiger partial charge in [-0.25, -0.2) is 8.42 Å². The molecule has 0 unspecified atom stereocenters. The van der Waals surface area contributed by atoms with Gasteiger partial charge in [0.05, 0.1) is 17.1 Å². The summed E-state index contributed by atoms with van der Waals surface area (Å²) >= 11 is 0.